The minimum atomic E-state index is -0.787. The first-order chi connectivity index (χ1) is 13.5. The largest absolute Gasteiger partial charge is 0.481 e. The molecule has 0 radical (unpaired) electrons. The van der Waals surface area contributed by atoms with Gasteiger partial charge < -0.3 is 10.8 Å². The molecule has 28 heavy (non-hydrogen) atoms. The predicted molar refractivity (Wildman–Crippen MR) is 108 cm³/mol. The first-order valence-corrected chi connectivity index (χ1v) is 10.2. The molecule has 1 atom stereocenters. The van der Waals surface area contributed by atoms with Gasteiger partial charge in [-0.05, 0) is 50.0 Å². The first kappa shape index (κ1) is 20.2. The summed E-state index contributed by atoms with van der Waals surface area (Å²) in [5.41, 5.74) is 6.37. The third-order valence-electron chi connectivity index (χ3n) is 5.19. The normalized spacial score (nSPS) is 16.6. The number of nitrogens with two attached hydrogens (primary N) is 1. The number of rotatable bonds is 8. The van der Waals surface area contributed by atoms with E-state index in [1.165, 1.54) is 11.3 Å². The molecule has 0 spiro atoms. The maximum atomic E-state index is 13.2. The van der Waals surface area contributed by atoms with Crippen LogP contribution in [0.4, 0.5) is 0 Å². The number of benzene rings is 1. The molecule has 1 aromatic heterocycles. The van der Waals surface area contributed by atoms with Crippen molar-refractivity contribution in [2.75, 3.05) is 13.1 Å². The van der Waals surface area contributed by atoms with E-state index in [1.54, 1.807) is 0 Å². The number of carboxylic acids is 1. The van der Waals surface area contributed by atoms with Crippen LogP contribution >= 0.6 is 11.3 Å². The lowest BCUT2D eigenvalue weighted by Crippen LogP contribution is -2.46. The van der Waals surface area contributed by atoms with Crippen molar-refractivity contribution in [3.63, 3.8) is 0 Å². The average molecular weight is 401 g/mol. The summed E-state index contributed by atoms with van der Waals surface area (Å²) < 4.78 is 0. The molecule has 1 fully saturated rings. The maximum Gasteiger partial charge on any atom is 0.306 e. The van der Waals surface area contributed by atoms with E-state index in [1.807, 2.05) is 47.4 Å². The number of hydrogen-bond acceptors (Lipinski definition) is 5. The van der Waals surface area contributed by atoms with E-state index in [0.717, 1.165) is 10.4 Å². The molecule has 0 aliphatic carbocycles. The second-order valence-corrected chi connectivity index (χ2v) is 8.15. The number of ketones is 1. The Kier molecular flexibility index (Phi) is 6.59. The maximum absolute atomic E-state index is 13.2. The van der Waals surface area contributed by atoms with Gasteiger partial charge >= 0.3 is 5.97 Å². The molecular formula is C21H24N2O4S. The van der Waals surface area contributed by atoms with Gasteiger partial charge in [0, 0.05) is 11.3 Å². The molecule has 0 bridgehead atoms. The van der Waals surface area contributed by atoms with Gasteiger partial charge in [0.2, 0.25) is 5.91 Å². The van der Waals surface area contributed by atoms with Crippen molar-refractivity contribution in [2.45, 2.75) is 31.7 Å². The fraction of sp³-hybridized carbons (Fsp3) is 0.381. The van der Waals surface area contributed by atoms with Crippen LogP contribution in [0.5, 0.6) is 0 Å². The Balaban J connectivity index is 1.76. The fourth-order valence-electron chi connectivity index (χ4n) is 3.61. The van der Waals surface area contributed by atoms with Crippen LogP contribution in [0.25, 0.3) is 10.4 Å². The Labute approximate surface area is 168 Å². The molecule has 1 aliphatic rings. The van der Waals surface area contributed by atoms with Crippen molar-refractivity contribution in [3.8, 4) is 10.4 Å². The third-order valence-corrected chi connectivity index (χ3v) is 6.34. The van der Waals surface area contributed by atoms with E-state index in [4.69, 9.17) is 5.73 Å². The Bertz CT molecular complexity index is 841. The van der Waals surface area contributed by atoms with Gasteiger partial charge in [0.05, 0.1) is 16.8 Å². The van der Waals surface area contributed by atoms with Crippen molar-refractivity contribution < 1.29 is 19.5 Å². The molecular weight excluding hydrogens is 376 g/mol. The molecule has 2 heterocycles. The molecule has 1 aliphatic heterocycles. The molecule has 148 valence electrons. The summed E-state index contributed by atoms with van der Waals surface area (Å²) >= 11 is 1.44. The van der Waals surface area contributed by atoms with Crippen molar-refractivity contribution in [3.05, 3.63) is 47.3 Å². The monoisotopic (exact) mass is 400 g/mol. The molecule has 1 amide bonds. The van der Waals surface area contributed by atoms with Crippen LogP contribution in [0.2, 0.25) is 0 Å². The lowest BCUT2D eigenvalue weighted by molar-refractivity contribution is -0.143. The van der Waals surface area contributed by atoms with Gasteiger partial charge in [0.15, 0.2) is 5.78 Å². The van der Waals surface area contributed by atoms with Crippen LogP contribution in [0, 0.1) is 5.92 Å². The fourth-order valence-corrected chi connectivity index (χ4v) is 4.61. The van der Waals surface area contributed by atoms with Gasteiger partial charge in [-0.1, -0.05) is 30.3 Å². The van der Waals surface area contributed by atoms with Crippen LogP contribution in [0.1, 0.15) is 35.4 Å². The van der Waals surface area contributed by atoms with Crippen LogP contribution in [0.3, 0.4) is 0 Å². The number of likely N-dealkylation sites (tertiary alicyclic amines) is 1. The van der Waals surface area contributed by atoms with Crippen LogP contribution < -0.4 is 5.73 Å². The number of Topliss-reactive ketones (excluding diaryl/α,β-unsaturated/α-hetero) is 1. The van der Waals surface area contributed by atoms with Crippen LogP contribution in [-0.2, 0) is 9.59 Å². The summed E-state index contributed by atoms with van der Waals surface area (Å²) in [6.45, 7) is 1.06. The zero-order chi connectivity index (χ0) is 20.1. The van der Waals surface area contributed by atoms with E-state index in [2.05, 4.69) is 0 Å². The van der Waals surface area contributed by atoms with E-state index in [9.17, 15) is 19.5 Å². The average Bonchev–Trinajstić information content (AvgIpc) is 3.19. The van der Waals surface area contributed by atoms with E-state index in [-0.39, 0.29) is 18.1 Å². The zero-order valence-electron chi connectivity index (χ0n) is 15.5. The Hall–Kier alpha value is -2.51. The van der Waals surface area contributed by atoms with E-state index in [0.29, 0.717) is 37.2 Å². The minimum Gasteiger partial charge on any atom is -0.481 e. The highest BCUT2D eigenvalue weighted by Crippen LogP contribution is 2.30. The van der Waals surface area contributed by atoms with Crippen molar-refractivity contribution >= 4 is 29.0 Å². The quantitative estimate of drug-likeness (QED) is 0.664. The molecule has 7 heteroatoms. The number of thiophene rings is 1. The molecule has 1 unspecified atom stereocenters. The van der Waals surface area contributed by atoms with Gasteiger partial charge in [0.25, 0.3) is 0 Å². The predicted octanol–water partition coefficient (Wildman–Crippen LogP) is 3.03. The number of carbonyl (C=O) groups excluding carboxylic acids is 2. The Morgan fingerprint density at radius 3 is 2.39 bits per heavy atom. The SMILES string of the molecule is NC(=O)CCC(C(=O)c1ccc(-c2ccccc2)s1)N1CCC(C(=O)O)CC1. The standard InChI is InChI=1S/C21H24N2O4S/c22-19(24)9-6-16(23-12-10-15(11-13-23)21(26)27)20(25)18-8-7-17(28-18)14-4-2-1-3-5-14/h1-5,7-8,15-16H,6,9-13H2,(H2,22,24)(H,26,27). The Morgan fingerprint density at radius 2 is 1.79 bits per heavy atom. The molecule has 3 rings (SSSR count). The summed E-state index contributed by atoms with van der Waals surface area (Å²) in [6, 6.07) is 13.2. The van der Waals surface area contributed by atoms with E-state index >= 15 is 0 Å². The smallest absolute Gasteiger partial charge is 0.306 e. The van der Waals surface area contributed by atoms with Crippen LogP contribution in [-0.4, -0.2) is 46.8 Å². The number of carbonyl (C=O) groups is 3. The first-order valence-electron chi connectivity index (χ1n) is 9.40. The second kappa shape index (κ2) is 9.12. The summed E-state index contributed by atoms with van der Waals surface area (Å²) in [5, 5.41) is 9.19. The van der Waals surface area contributed by atoms with E-state index < -0.39 is 17.9 Å². The van der Waals surface area contributed by atoms with Crippen molar-refractivity contribution in [2.24, 2.45) is 11.7 Å². The van der Waals surface area contributed by atoms with Crippen molar-refractivity contribution in [1.29, 1.82) is 0 Å². The minimum absolute atomic E-state index is 0.0257. The molecule has 3 N–H and O–H groups in total. The molecule has 1 saturated heterocycles. The van der Waals surface area contributed by atoms with Crippen molar-refractivity contribution in [1.82, 2.24) is 4.90 Å². The van der Waals surface area contributed by atoms with Gasteiger partial charge in [-0.25, -0.2) is 0 Å². The second-order valence-electron chi connectivity index (χ2n) is 7.06. The van der Waals surface area contributed by atoms with Gasteiger partial charge in [-0.2, -0.15) is 0 Å². The number of carboxylic acid groups (broad SMARTS) is 1. The lowest BCUT2D eigenvalue weighted by Gasteiger charge is -2.35. The van der Waals surface area contributed by atoms with Gasteiger partial charge in [-0.15, -0.1) is 11.3 Å². The number of hydrogen-bond donors (Lipinski definition) is 2. The summed E-state index contributed by atoms with van der Waals surface area (Å²) in [7, 11) is 0. The Morgan fingerprint density at radius 1 is 1.11 bits per heavy atom. The van der Waals surface area contributed by atoms with Gasteiger partial charge in [-0.3, -0.25) is 19.3 Å². The molecule has 2 aromatic rings. The number of nitrogens with zero attached hydrogens (tertiary/aromatic N) is 1. The third kappa shape index (κ3) is 4.85. The van der Waals surface area contributed by atoms with Crippen LogP contribution in [0.15, 0.2) is 42.5 Å². The number of aliphatic carboxylic acids is 1. The number of amides is 1. The summed E-state index contributed by atoms with van der Waals surface area (Å²) in [4.78, 5) is 39.4. The molecule has 1 aromatic carbocycles. The molecule has 6 nitrogen and oxygen atoms in total. The lowest BCUT2D eigenvalue weighted by atomic mass is 9.93. The van der Waals surface area contributed by atoms with Gasteiger partial charge in [0.1, 0.15) is 0 Å². The number of primary amides is 1. The number of piperidine rings is 1. The summed E-state index contributed by atoms with van der Waals surface area (Å²) in [5.74, 6) is -1.61. The highest BCUT2D eigenvalue weighted by atomic mass is 32.1. The highest BCUT2D eigenvalue weighted by Gasteiger charge is 2.33. The molecule has 0 saturated carbocycles. The topological polar surface area (TPSA) is 101 Å². The summed E-state index contributed by atoms with van der Waals surface area (Å²) in [6.07, 6.45) is 1.50. The highest BCUT2D eigenvalue weighted by molar-refractivity contribution is 7.17. The zero-order valence-corrected chi connectivity index (χ0v) is 16.4.